The van der Waals surface area contributed by atoms with Gasteiger partial charge in [-0.15, -0.1) is 0 Å². The Morgan fingerprint density at radius 2 is 1.91 bits per heavy atom. The Hall–Kier alpha value is -2.68. The van der Waals surface area contributed by atoms with E-state index in [1.807, 2.05) is 26.0 Å². The smallest absolute Gasteiger partial charge is 0.252 e. The van der Waals surface area contributed by atoms with Gasteiger partial charge in [0.15, 0.2) is 0 Å². The Morgan fingerprint density at radius 3 is 2.56 bits per heavy atom. The van der Waals surface area contributed by atoms with Gasteiger partial charge in [-0.05, 0) is 73.5 Å². The van der Waals surface area contributed by atoms with E-state index in [9.17, 15) is 13.2 Å². The Morgan fingerprint density at radius 1 is 1.16 bits per heavy atom. The van der Waals surface area contributed by atoms with Crippen molar-refractivity contribution in [1.82, 2.24) is 9.29 Å². The minimum Gasteiger partial charge on any atom is -0.497 e. The van der Waals surface area contributed by atoms with Gasteiger partial charge in [0.2, 0.25) is 10.0 Å². The number of nitrogens with zero attached hydrogens (tertiary/aromatic N) is 1. The Bertz CT molecular complexity index is 1280. The number of rotatable bonds is 7. The fourth-order valence-electron chi connectivity index (χ4n) is 4.04. The van der Waals surface area contributed by atoms with Crippen LogP contribution in [0.1, 0.15) is 29.5 Å². The van der Waals surface area contributed by atoms with Crippen LogP contribution in [-0.2, 0) is 21.3 Å². The maximum absolute atomic E-state index is 13.5. The van der Waals surface area contributed by atoms with Crippen LogP contribution in [0.15, 0.2) is 52.2 Å². The summed E-state index contributed by atoms with van der Waals surface area (Å²) in [5.41, 5.74) is 2.99. The summed E-state index contributed by atoms with van der Waals surface area (Å²) in [4.78, 5) is 16.0. The van der Waals surface area contributed by atoms with E-state index in [0.717, 1.165) is 34.9 Å². The minimum atomic E-state index is -3.85. The van der Waals surface area contributed by atoms with Crippen LogP contribution in [0.4, 0.5) is 0 Å². The number of methoxy groups -OCH3 is 1. The van der Waals surface area contributed by atoms with Crippen molar-refractivity contribution in [3.8, 4) is 5.75 Å². The highest BCUT2D eigenvalue weighted by Gasteiger charge is 2.30. The number of fused-ring (bicyclic) bond motifs is 1. The zero-order valence-electron chi connectivity index (χ0n) is 18.6. The maximum Gasteiger partial charge on any atom is 0.252 e. The zero-order chi connectivity index (χ0) is 22.9. The highest BCUT2D eigenvalue weighted by molar-refractivity contribution is 7.89. The van der Waals surface area contributed by atoms with Crippen molar-refractivity contribution in [1.29, 1.82) is 0 Å². The van der Waals surface area contributed by atoms with Crippen molar-refractivity contribution >= 4 is 20.9 Å². The van der Waals surface area contributed by atoms with Gasteiger partial charge < -0.3 is 14.5 Å². The summed E-state index contributed by atoms with van der Waals surface area (Å²) in [6.07, 6.45) is 1.50. The second-order valence-corrected chi connectivity index (χ2v) is 10.1. The first-order valence-electron chi connectivity index (χ1n) is 10.7. The number of hydrogen-bond acceptors (Lipinski definition) is 5. The normalized spacial score (nSPS) is 16.7. The third-order valence-electron chi connectivity index (χ3n) is 6.10. The molecule has 1 atom stereocenters. The van der Waals surface area contributed by atoms with Crippen LogP contribution in [0.5, 0.6) is 5.75 Å². The number of H-pyrrole nitrogens is 1. The number of hydrogen-bond donors (Lipinski definition) is 1. The molecule has 32 heavy (non-hydrogen) atoms. The van der Waals surface area contributed by atoms with Gasteiger partial charge in [-0.2, -0.15) is 4.31 Å². The van der Waals surface area contributed by atoms with Gasteiger partial charge in [0.25, 0.3) is 5.56 Å². The highest BCUT2D eigenvalue weighted by atomic mass is 32.2. The third-order valence-corrected chi connectivity index (χ3v) is 7.93. The van der Waals surface area contributed by atoms with Crippen molar-refractivity contribution in [3.63, 3.8) is 0 Å². The predicted molar refractivity (Wildman–Crippen MR) is 124 cm³/mol. The number of nitrogens with one attached hydrogen (secondary N) is 1. The molecule has 8 heteroatoms. The van der Waals surface area contributed by atoms with Crippen molar-refractivity contribution in [2.45, 2.75) is 44.2 Å². The van der Waals surface area contributed by atoms with Crippen LogP contribution >= 0.6 is 0 Å². The van der Waals surface area contributed by atoms with Crippen molar-refractivity contribution < 1.29 is 17.9 Å². The quantitative estimate of drug-likeness (QED) is 0.588. The van der Waals surface area contributed by atoms with Crippen molar-refractivity contribution in [3.05, 3.63) is 69.5 Å². The summed E-state index contributed by atoms with van der Waals surface area (Å²) in [6.45, 7) is 4.73. The van der Waals surface area contributed by atoms with Crippen molar-refractivity contribution in [2.24, 2.45) is 0 Å². The molecule has 1 saturated heterocycles. The molecule has 0 saturated carbocycles. The Kier molecular flexibility index (Phi) is 6.37. The Labute approximate surface area is 188 Å². The summed E-state index contributed by atoms with van der Waals surface area (Å²) >= 11 is 0. The van der Waals surface area contributed by atoms with Crippen LogP contribution in [0.3, 0.4) is 0 Å². The van der Waals surface area contributed by atoms with Gasteiger partial charge in [-0.3, -0.25) is 4.79 Å². The zero-order valence-corrected chi connectivity index (χ0v) is 19.4. The first-order valence-corrected chi connectivity index (χ1v) is 12.1. The second-order valence-electron chi connectivity index (χ2n) is 8.20. The first-order chi connectivity index (χ1) is 15.3. The molecule has 1 fully saturated rings. The van der Waals surface area contributed by atoms with Crippen LogP contribution in [-0.4, -0.2) is 44.1 Å². The van der Waals surface area contributed by atoms with Gasteiger partial charge in [0.05, 0.1) is 23.6 Å². The number of aromatic amines is 1. The molecular weight excluding hydrogens is 428 g/mol. The predicted octanol–water partition coefficient (Wildman–Crippen LogP) is 3.52. The third kappa shape index (κ3) is 4.44. The van der Waals surface area contributed by atoms with Gasteiger partial charge in [0.1, 0.15) is 5.75 Å². The van der Waals surface area contributed by atoms with Crippen LogP contribution in [0.2, 0.25) is 0 Å². The molecule has 0 radical (unpaired) electrons. The molecular formula is C24H28N2O5S. The molecule has 0 spiro atoms. The lowest BCUT2D eigenvalue weighted by molar-refractivity contribution is 0.0925. The average Bonchev–Trinajstić information content (AvgIpc) is 3.30. The fraction of sp³-hybridized carbons (Fsp3) is 0.375. The number of ether oxygens (including phenoxy) is 2. The summed E-state index contributed by atoms with van der Waals surface area (Å²) in [5, 5.41) is 0.876. The standard InChI is InChI=1S/C24H28N2O5S/c1-16-6-7-18-13-19(24(27)25-23(18)17(16)2)14-26(15-21-5-4-12-31-21)32(28,29)22-10-8-20(30-3)9-11-22/h6-11,13,21H,4-5,12,14-15H2,1-3H3,(H,25,27)/t21-/m1/s1. The summed E-state index contributed by atoms with van der Waals surface area (Å²) in [6, 6.07) is 12.0. The van der Waals surface area contributed by atoms with E-state index >= 15 is 0 Å². The molecule has 0 bridgehead atoms. The molecule has 7 nitrogen and oxygen atoms in total. The number of benzene rings is 2. The van der Waals surface area contributed by atoms with Gasteiger partial charge in [-0.1, -0.05) is 12.1 Å². The molecule has 170 valence electrons. The molecule has 2 heterocycles. The van der Waals surface area contributed by atoms with E-state index in [1.165, 1.54) is 23.5 Å². The molecule has 0 unspecified atom stereocenters. The Balaban J connectivity index is 1.72. The van der Waals surface area contributed by atoms with E-state index in [4.69, 9.17) is 9.47 Å². The molecule has 2 aromatic carbocycles. The van der Waals surface area contributed by atoms with E-state index < -0.39 is 10.0 Å². The fourth-order valence-corrected chi connectivity index (χ4v) is 5.49. The maximum atomic E-state index is 13.5. The lowest BCUT2D eigenvalue weighted by Gasteiger charge is -2.25. The summed E-state index contributed by atoms with van der Waals surface area (Å²) in [5.74, 6) is 0.575. The first kappa shape index (κ1) is 22.5. The van der Waals surface area contributed by atoms with Crippen LogP contribution in [0, 0.1) is 13.8 Å². The number of pyridine rings is 1. The monoisotopic (exact) mass is 456 g/mol. The van der Waals surface area contributed by atoms with E-state index in [1.54, 1.807) is 18.2 Å². The number of sulfonamides is 1. The van der Waals surface area contributed by atoms with Crippen LogP contribution < -0.4 is 10.3 Å². The van der Waals surface area contributed by atoms with E-state index in [0.29, 0.717) is 17.9 Å². The molecule has 3 aromatic rings. The minimum absolute atomic E-state index is 0.0353. The molecule has 1 aromatic heterocycles. The number of aromatic nitrogens is 1. The molecule has 0 aliphatic carbocycles. The largest absolute Gasteiger partial charge is 0.497 e. The molecule has 1 aliphatic heterocycles. The SMILES string of the molecule is COc1ccc(S(=O)(=O)N(Cc2cc3ccc(C)c(C)c3[nH]c2=O)C[C@H]2CCCO2)cc1. The van der Waals surface area contributed by atoms with Crippen molar-refractivity contribution in [2.75, 3.05) is 20.3 Å². The molecule has 1 aliphatic rings. The van der Waals surface area contributed by atoms with E-state index in [2.05, 4.69) is 4.98 Å². The van der Waals surface area contributed by atoms with Gasteiger partial charge in [-0.25, -0.2) is 8.42 Å². The molecule has 1 N–H and O–H groups in total. The molecule has 4 rings (SSSR count). The summed E-state index contributed by atoms with van der Waals surface area (Å²) in [7, 11) is -2.32. The summed E-state index contributed by atoms with van der Waals surface area (Å²) < 4.78 is 39.2. The lowest BCUT2D eigenvalue weighted by Crippen LogP contribution is -2.38. The topological polar surface area (TPSA) is 88.7 Å². The van der Waals surface area contributed by atoms with E-state index in [-0.39, 0.29) is 29.6 Å². The van der Waals surface area contributed by atoms with Gasteiger partial charge in [0, 0.05) is 25.3 Å². The molecule has 0 amide bonds. The number of aryl methyl sites for hydroxylation is 2. The van der Waals surface area contributed by atoms with Crippen LogP contribution in [0.25, 0.3) is 10.9 Å². The van der Waals surface area contributed by atoms with Gasteiger partial charge >= 0.3 is 0 Å². The average molecular weight is 457 g/mol. The second kappa shape index (κ2) is 9.05. The lowest BCUT2D eigenvalue weighted by atomic mass is 10.0. The highest BCUT2D eigenvalue weighted by Crippen LogP contribution is 2.25.